The van der Waals surface area contributed by atoms with E-state index in [1.54, 1.807) is 4.31 Å². The van der Waals surface area contributed by atoms with Crippen molar-refractivity contribution >= 4 is 10.0 Å². The van der Waals surface area contributed by atoms with Crippen LogP contribution in [0.15, 0.2) is 0 Å². The van der Waals surface area contributed by atoms with E-state index < -0.39 is 10.0 Å². The van der Waals surface area contributed by atoms with Crippen LogP contribution >= 0.6 is 0 Å². The van der Waals surface area contributed by atoms with E-state index in [0.29, 0.717) is 18.4 Å². The second kappa shape index (κ2) is 7.60. The molecule has 0 aromatic carbocycles. The van der Waals surface area contributed by atoms with Gasteiger partial charge in [0.15, 0.2) is 0 Å². The monoisotopic (exact) mass is 290 g/mol. The van der Waals surface area contributed by atoms with Crippen LogP contribution in [0.25, 0.3) is 0 Å². The van der Waals surface area contributed by atoms with Crippen LogP contribution in [-0.2, 0) is 10.0 Å². The Morgan fingerprint density at radius 2 is 1.74 bits per heavy atom. The molecular weight excluding hydrogens is 260 g/mol. The van der Waals surface area contributed by atoms with Crippen molar-refractivity contribution < 1.29 is 8.42 Å². The summed E-state index contributed by atoms with van der Waals surface area (Å²) in [5.74, 6) is 1.23. The summed E-state index contributed by atoms with van der Waals surface area (Å²) in [6.07, 6.45) is 2.92. The topological polar surface area (TPSA) is 49.4 Å². The molecule has 0 aromatic heterocycles. The van der Waals surface area contributed by atoms with Gasteiger partial charge in [0, 0.05) is 12.6 Å². The van der Waals surface area contributed by atoms with E-state index in [2.05, 4.69) is 19.2 Å². The first kappa shape index (κ1) is 16.9. The molecule has 114 valence electrons. The maximum atomic E-state index is 12.5. The molecule has 0 atom stereocenters. The summed E-state index contributed by atoms with van der Waals surface area (Å²) in [5, 5.41) is 3.33. The van der Waals surface area contributed by atoms with Gasteiger partial charge < -0.3 is 5.32 Å². The summed E-state index contributed by atoms with van der Waals surface area (Å²) >= 11 is 0. The van der Waals surface area contributed by atoms with Crippen molar-refractivity contribution in [2.75, 3.05) is 25.4 Å². The fraction of sp³-hybridized carbons (Fsp3) is 1.00. The molecule has 0 bridgehead atoms. The Kier molecular flexibility index (Phi) is 6.77. The predicted octanol–water partition coefficient (Wildman–Crippen LogP) is 2.07. The Morgan fingerprint density at radius 3 is 2.21 bits per heavy atom. The third-order valence-electron chi connectivity index (χ3n) is 3.78. The molecule has 0 radical (unpaired) electrons. The van der Waals surface area contributed by atoms with Crippen molar-refractivity contribution in [1.82, 2.24) is 9.62 Å². The molecule has 0 saturated carbocycles. The van der Waals surface area contributed by atoms with Gasteiger partial charge in [-0.05, 0) is 58.0 Å². The lowest BCUT2D eigenvalue weighted by Gasteiger charge is -2.32. The number of sulfonamides is 1. The van der Waals surface area contributed by atoms with Gasteiger partial charge >= 0.3 is 0 Å². The van der Waals surface area contributed by atoms with Crippen LogP contribution < -0.4 is 5.32 Å². The first-order chi connectivity index (χ1) is 8.83. The number of hydrogen-bond acceptors (Lipinski definition) is 3. The summed E-state index contributed by atoms with van der Waals surface area (Å²) in [4.78, 5) is 0. The largest absolute Gasteiger partial charge is 0.317 e. The van der Waals surface area contributed by atoms with Crippen LogP contribution in [0.2, 0.25) is 0 Å². The van der Waals surface area contributed by atoms with Gasteiger partial charge in [0.1, 0.15) is 0 Å². The summed E-state index contributed by atoms with van der Waals surface area (Å²) in [7, 11) is -3.10. The van der Waals surface area contributed by atoms with Crippen molar-refractivity contribution in [3.05, 3.63) is 0 Å². The molecule has 1 fully saturated rings. The standard InChI is InChI=1S/C14H30N2O2S/c1-12(2)7-10-19(17,18)16(13(3)4)11-14-5-8-15-9-6-14/h12-15H,5-11H2,1-4H3. The van der Waals surface area contributed by atoms with Crippen LogP contribution in [0.1, 0.15) is 47.0 Å². The number of nitrogens with one attached hydrogen (secondary N) is 1. The van der Waals surface area contributed by atoms with Gasteiger partial charge in [-0.25, -0.2) is 8.42 Å². The molecule has 1 N–H and O–H groups in total. The predicted molar refractivity (Wildman–Crippen MR) is 80.7 cm³/mol. The average molecular weight is 290 g/mol. The molecule has 1 aliphatic heterocycles. The number of piperidine rings is 1. The van der Waals surface area contributed by atoms with Crippen LogP contribution in [-0.4, -0.2) is 44.2 Å². The maximum Gasteiger partial charge on any atom is 0.214 e. The third kappa shape index (κ3) is 5.79. The molecule has 1 rings (SSSR count). The Balaban J connectivity index is 2.64. The Hall–Kier alpha value is -0.130. The summed E-state index contributed by atoms with van der Waals surface area (Å²) in [6, 6.07) is 0.0621. The van der Waals surface area contributed by atoms with E-state index >= 15 is 0 Å². The normalized spacial score (nSPS) is 18.7. The zero-order valence-electron chi connectivity index (χ0n) is 12.9. The number of rotatable bonds is 7. The molecule has 1 aliphatic rings. The molecule has 5 heteroatoms. The number of nitrogens with zero attached hydrogens (tertiary/aromatic N) is 1. The molecule has 0 amide bonds. The van der Waals surface area contributed by atoms with E-state index in [1.807, 2.05) is 13.8 Å². The average Bonchev–Trinajstić information content (AvgIpc) is 2.34. The van der Waals surface area contributed by atoms with Gasteiger partial charge in [0.25, 0.3) is 0 Å². The highest BCUT2D eigenvalue weighted by Gasteiger charge is 2.28. The maximum absolute atomic E-state index is 12.5. The van der Waals surface area contributed by atoms with Crippen LogP contribution in [0.4, 0.5) is 0 Å². The van der Waals surface area contributed by atoms with Gasteiger partial charge in [-0.1, -0.05) is 13.8 Å². The Labute approximate surface area is 119 Å². The SMILES string of the molecule is CC(C)CCS(=O)(=O)N(CC1CCNCC1)C(C)C. The fourth-order valence-corrected chi connectivity index (χ4v) is 4.55. The zero-order chi connectivity index (χ0) is 14.5. The van der Waals surface area contributed by atoms with E-state index in [0.717, 1.165) is 32.4 Å². The molecule has 1 saturated heterocycles. The highest BCUT2D eigenvalue weighted by molar-refractivity contribution is 7.89. The highest BCUT2D eigenvalue weighted by atomic mass is 32.2. The minimum atomic E-state index is -3.10. The van der Waals surface area contributed by atoms with E-state index in [1.165, 1.54) is 0 Å². The van der Waals surface area contributed by atoms with Gasteiger partial charge in [-0.2, -0.15) is 4.31 Å². The molecule has 0 spiro atoms. The van der Waals surface area contributed by atoms with Gasteiger partial charge in [-0.3, -0.25) is 0 Å². The quantitative estimate of drug-likeness (QED) is 0.781. The first-order valence-corrected chi connectivity index (χ1v) is 9.14. The first-order valence-electron chi connectivity index (χ1n) is 7.53. The molecule has 0 aliphatic carbocycles. The summed E-state index contributed by atoms with van der Waals surface area (Å²) in [6.45, 7) is 10.8. The van der Waals surface area contributed by atoms with Crippen LogP contribution in [0.5, 0.6) is 0 Å². The summed E-state index contributed by atoms with van der Waals surface area (Å²) in [5.41, 5.74) is 0. The van der Waals surface area contributed by atoms with Crippen LogP contribution in [0, 0.1) is 11.8 Å². The Morgan fingerprint density at radius 1 is 1.16 bits per heavy atom. The number of hydrogen-bond donors (Lipinski definition) is 1. The van der Waals surface area contributed by atoms with Gasteiger partial charge in [0.05, 0.1) is 5.75 Å². The molecule has 19 heavy (non-hydrogen) atoms. The lowest BCUT2D eigenvalue weighted by Crippen LogP contribution is -2.44. The van der Waals surface area contributed by atoms with Gasteiger partial charge in [-0.15, -0.1) is 0 Å². The van der Waals surface area contributed by atoms with Crippen molar-refractivity contribution in [2.45, 2.75) is 53.0 Å². The van der Waals surface area contributed by atoms with E-state index in [4.69, 9.17) is 0 Å². The summed E-state index contributed by atoms with van der Waals surface area (Å²) < 4.78 is 26.6. The molecular formula is C14H30N2O2S. The molecule has 0 unspecified atom stereocenters. The van der Waals surface area contributed by atoms with Crippen molar-refractivity contribution in [1.29, 1.82) is 0 Å². The second-order valence-corrected chi connectivity index (χ2v) is 8.40. The van der Waals surface area contributed by atoms with Crippen molar-refractivity contribution in [3.8, 4) is 0 Å². The minimum absolute atomic E-state index is 0.0621. The zero-order valence-corrected chi connectivity index (χ0v) is 13.7. The smallest absolute Gasteiger partial charge is 0.214 e. The third-order valence-corrected chi connectivity index (χ3v) is 5.82. The lowest BCUT2D eigenvalue weighted by molar-refractivity contribution is 0.260. The molecule has 1 heterocycles. The Bertz CT molecular complexity index is 346. The van der Waals surface area contributed by atoms with E-state index in [-0.39, 0.29) is 11.8 Å². The molecule has 4 nitrogen and oxygen atoms in total. The lowest BCUT2D eigenvalue weighted by atomic mass is 9.98. The van der Waals surface area contributed by atoms with Gasteiger partial charge in [0.2, 0.25) is 10.0 Å². The van der Waals surface area contributed by atoms with Crippen LogP contribution in [0.3, 0.4) is 0 Å². The van der Waals surface area contributed by atoms with Crippen molar-refractivity contribution in [3.63, 3.8) is 0 Å². The highest BCUT2D eigenvalue weighted by Crippen LogP contribution is 2.19. The van der Waals surface area contributed by atoms with Crippen molar-refractivity contribution in [2.24, 2.45) is 11.8 Å². The minimum Gasteiger partial charge on any atom is -0.317 e. The fourth-order valence-electron chi connectivity index (χ4n) is 2.47. The molecule has 0 aromatic rings. The van der Waals surface area contributed by atoms with E-state index in [9.17, 15) is 8.42 Å². The second-order valence-electron chi connectivity index (χ2n) is 6.36.